The summed E-state index contributed by atoms with van der Waals surface area (Å²) in [4.78, 5) is -0.0741. The Morgan fingerprint density at radius 3 is 2.13 bits per heavy atom. The molecule has 0 aliphatic carbocycles. The Hall–Kier alpha value is -1.33. The Bertz CT molecular complexity index is 370. The van der Waals surface area contributed by atoms with Gasteiger partial charge < -0.3 is 4.74 Å². The molecule has 15 heavy (non-hydrogen) atoms. The van der Waals surface area contributed by atoms with Crippen molar-refractivity contribution >= 4 is 10.1 Å². The number of hydrogen-bond acceptors (Lipinski definition) is 3. The first-order valence-electron chi connectivity index (χ1n) is 4.27. The zero-order chi connectivity index (χ0) is 11.7. The topological polar surface area (TPSA) is 63.6 Å². The van der Waals surface area contributed by atoms with Crippen LogP contribution in [0.5, 0.6) is 0 Å². The lowest BCUT2D eigenvalue weighted by molar-refractivity contribution is 0.270. The molecule has 0 unspecified atom stereocenters. The van der Waals surface area contributed by atoms with Crippen molar-refractivity contribution in [3.63, 3.8) is 0 Å². The van der Waals surface area contributed by atoms with Crippen molar-refractivity contribution in [2.75, 3.05) is 6.61 Å². The van der Waals surface area contributed by atoms with Gasteiger partial charge in [0.05, 0.1) is 17.8 Å². The van der Waals surface area contributed by atoms with Gasteiger partial charge in [0, 0.05) is 0 Å². The lowest BCUT2D eigenvalue weighted by Crippen LogP contribution is -1.96. The lowest BCUT2D eigenvalue weighted by atomic mass is 10.4. The summed E-state index contributed by atoms with van der Waals surface area (Å²) >= 11 is 0. The zero-order valence-corrected chi connectivity index (χ0v) is 9.28. The predicted molar refractivity (Wildman–Crippen MR) is 58.1 cm³/mol. The summed E-state index contributed by atoms with van der Waals surface area (Å²) in [5, 5.41) is 0. The molecule has 0 atom stereocenters. The monoisotopic (exact) mass is 230 g/mol. The Morgan fingerprint density at radius 1 is 1.40 bits per heavy atom. The first-order chi connectivity index (χ1) is 7.02. The first-order valence-corrected chi connectivity index (χ1v) is 5.71. The molecule has 1 N–H and O–H groups in total. The molecule has 5 heteroatoms. The lowest BCUT2D eigenvalue weighted by Gasteiger charge is -1.92. The van der Waals surface area contributed by atoms with Crippen molar-refractivity contribution in [3.8, 4) is 0 Å². The van der Waals surface area contributed by atoms with Crippen LogP contribution in [-0.4, -0.2) is 19.6 Å². The van der Waals surface area contributed by atoms with E-state index in [9.17, 15) is 8.42 Å². The SMILES string of the molecule is C=COCC.O=S(=O)(O)c1ccccc1. The largest absolute Gasteiger partial charge is 0.502 e. The van der Waals surface area contributed by atoms with Crippen LogP contribution in [0.1, 0.15) is 6.92 Å². The van der Waals surface area contributed by atoms with E-state index in [0.29, 0.717) is 0 Å². The van der Waals surface area contributed by atoms with E-state index in [1.165, 1.54) is 18.4 Å². The van der Waals surface area contributed by atoms with Gasteiger partial charge in [-0.3, -0.25) is 4.55 Å². The highest BCUT2D eigenvalue weighted by molar-refractivity contribution is 7.85. The molecule has 0 radical (unpaired) electrons. The second-order valence-corrected chi connectivity index (χ2v) is 3.83. The van der Waals surface area contributed by atoms with E-state index >= 15 is 0 Å². The zero-order valence-electron chi connectivity index (χ0n) is 8.46. The molecule has 0 fully saturated rings. The van der Waals surface area contributed by atoms with Gasteiger partial charge in [0.1, 0.15) is 0 Å². The first kappa shape index (κ1) is 13.7. The van der Waals surface area contributed by atoms with Crippen LogP contribution in [0, 0.1) is 0 Å². The van der Waals surface area contributed by atoms with Gasteiger partial charge in [-0.1, -0.05) is 24.8 Å². The van der Waals surface area contributed by atoms with Crippen molar-refractivity contribution in [1.82, 2.24) is 0 Å². The fourth-order valence-corrected chi connectivity index (χ4v) is 1.21. The summed E-state index contributed by atoms with van der Waals surface area (Å²) < 4.78 is 33.8. The van der Waals surface area contributed by atoms with Gasteiger partial charge >= 0.3 is 0 Å². The van der Waals surface area contributed by atoms with Gasteiger partial charge in [-0.05, 0) is 19.1 Å². The van der Waals surface area contributed by atoms with Crippen LogP contribution in [0.25, 0.3) is 0 Å². The van der Waals surface area contributed by atoms with E-state index in [2.05, 4.69) is 11.3 Å². The summed E-state index contributed by atoms with van der Waals surface area (Å²) in [6, 6.07) is 7.42. The number of benzene rings is 1. The molecule has 0 spiro atoms. The third-order valence-electron chi connectivity index (χ3n) is 1.33. The third-order valence-corrected chi connectivity index (χ3v) is 2.19. The van der Waals surface area contributed by atoms with Gasteiger partial charge in [-0.15, -0.1) is 0 Å². The normalized spacial score (nSPS) is 9.73. The van der Waals surface area contributed by atoms with Gasteiger partial charge in [-0.25, -0.2) is 0 Å². The molecule has 0 amide bonds. The van der Waals surface area contributed by atoms with Gasteiger partial charge in [0.15, 0.2) is 0 Å². The summed E-state index contributed by atoms with van der Waals surface area (Å²) in [7, 11) is -4.00. The van der Waals surface area contributed by atoms with Crippen LogP contribution < -0.4 is 0 Å². The van der Waals surface area contributed by atoms with E-state index in [0.717, 1.165) is 6.61 Å². The van der Waals surface area contributed by atoms with Crippen LogP contribution in [-0.2, 0) is 14.9 Å². The number of rotatable bonds is 3. The molecule has 4 nitrogen and oxygen atoms in total. The quantitative estimate of drug-likeness (QED) is 0.638. The van der Waals surface area contributed by atoms with Crippen molar-refractivity contribution in [3.05, 3.63) is 43.2 Å². The van der Waals surface area contributed by atoms with Crippen LogP contribution in [0.3, 0.4) is 0 Å². The van der Waals surface area contributed by atoms with Gasteiger partial charge in [-0.2, -0.15) is 8.42 Å². The molecule has 1 rings (SSSR count). The molecule has 0 bridgehead atoms. The minimum atomic E-state index is -4.00. The van der Waals surface area contributed by atoms with Crippen LogP contribution in [0.2, 0.25) is 0 Å². The van der Waals surface area contributed by atoms with E-state index in [-0.39, 0.29) is 4.90 Å². The second-order valence-electron chi connectivity index (χ2n) is 2.41. The molecule has 0 saturated heterocycles. The molecule has 1 aromatic rings. The highest BCUT2D eigenvalue weighted by Crippen LogP contribution is 2.05. The Balaban J connectivity index is 0.000000336. The fourth-order valence-electron chi connectivity index (χ4n) is 0.710. The van der Waals surface area contributed by atoms with Crippen molar-refractivity contribution in [2.24, 2.45) is 0 Å². The Morgan fingerprint density at radius 2 is 1.93 bits per heavy atom. The summed E-state index contributed by atoms with van der Waals surface area (Å²) in [5.74, 6) is 0. The van der Waals surface area contributed by atoms with E-state index in [1.807, 2.05) is 6.92 Å². The van der Waals surface area contributed by atoms with Crippen LogP contribution in [0.15, 0.2) is 48.1 Å². The van der Waals surface area contributed by atoms with Crippen molar-refractivity contribution in [1.29, 1.82) is 0 Å². The smallest absolute Gasteiger partial charge is 0.294 e. The third kappa shape index (κ3) is 6.70. The maximum atomic E-state index is 10.4. The highest BCUT2D eigenvalue weighted by atomic mass is 32.2. The predicted octanol–water partition coefficient (Wildman–Crippen LogP) is 2.10. The second kappa shape index (κ2) is 7.03. The molecule has 1 aromatic carbocycles. The number of ether oxygens (including phenoxy) is 1. The molecule has 0 heterocycles. The van der Waals surface area contributed by atoms with Crippen LogP contribution in [0.4, 0.5) is 0 Å². The maximum absolute atomic E-state index is 10.4. The minimum absolute atomic E-state index is 0.0741. The highest BCUT2D eigenvalue weighted by Gasteiger charge is 2.05. The Kier molecular flexibility index (Phi) is 6.40. The average Bonchev–Trinajstić information content (AvgIpc) is 2.20. The fraction of sp³-hybridized carbons (Fsp3) is 0.200. The molecule has 0 aliphatic rings. The minimum Gasteiger partial charge on any atom is -0.502 e. The average molecular weight is 230 g/mol. The molecule has 0 aromatic heterocycles. The van der Waals surface area contributed by atoms with Gasteiger partial charge in [0.2, 0.25) is 0 Å². The Labute approximate surface area is 89.9 Å². The summed E-state index contributed by atoms with van der Waals surface area (Å²) in [5.41, 5.74) is 0. The van der Waals surface area contributed by atoms with Gasteiger partial charge in [0.25, 0.3) is 10.1 Å². The van der Waals surface area contributed by atoms with E-state index < -0.39 is 10.1 Å². The molecule has 0 aliphatic heterocycles. The number of hydrogen-bond donors (Lipinski definition) is 1. The molecular formula is C10H14O4S. The van der Waals surface area contributed by atoms with E-state index in [4.69, 9.17) is 4.55 Å². The molecular weight excluding hydrogens is 216 g/mol. The maximum Gasteiger partial charge on any atom is 0.294 e. The summed E-state index contributed by atoms with van der Waals surface area (Å²) in [6.45, 7) is 5.97. The van der Waals surface area contributed by atoms with Crippen molar-refractivity contribution < 1.29 is 17.7 Å². The molecule has 84 valence electrons. The standard InChI is InChI=1S/C6H6O3S.C4H8O/c7-10(8,9)6-4-2-1-3-5-6;1-3-5-4-2/h1-5H,(H,7,8,9);3H,1,4H2,2H3. The molecule has 0 saturated carbocycles. The van der Waals surface area contributed by atoms with Crippen molar-refractivity contribution in [2.45, 2.75) is 11.8 Å². The van der Waals surface area contributed by atoms with Crippen LogP contribution >= 0.6 is 0 Å². The summed E-state index contributed by atoms with van der Waals surface area (Å²) in [6.07, 6.45) is 1.43. The van der Waals surface area contributed by atoms with E-state index in [1.54, 1.807) is 18.2 Å².